The molecule has 0 radical (unpaired) electrons. The van der Waals surface area contributed by atoms with Crippen molar-refractivity contribution in [3.05, 3.63) is 89.5 Å². The van der Waals surface area contributed by atoms with Gasteiger partial charge in [-0.05, 0) is 91.0 Å². The predicted octanol–water partition coefficient (Wildman–Crippen LogP) is 10.8. The fraction of sp³-hybridized carbons (Fsp3) is 0.439. The van der Waals surface area contributed by atoms with E-state index < -0.39 is 11.9 Å². The molecule has 0 saturated carbocycles. The fourth-order valence-electron chi connectivity index (χ4n) is 5.75. The zero-order valence-corrected chi connectivity index (χ0v) is 32.9. The van der Waals surface area contributed by atoms with Gasteiger partial charge in [-0.2, -0.15) is 5.26 Å². The van der Waals surface area contributed by atoms with Crippen molar-refractivity contribution < 1.29 is 39.3 Å². The van der Waals surface area contributed by atoms with E-state index >= 15 is 0 Å². The Balaban J connectivity index is 0.000000374. The van der Waals surface area contributed by atoms with Crippen LogP contribution in [0.1, 0.15) is 136 Å². The van der Waals surface area contributed by atoms with E-state index in [1.54, 1.807) is 5.40 Å². The average molecular weight is 811 g/mol. The first-order valence-corrected chi connectivity index (χ1v) is 19.1. The van der Waals surface area contributed by atoms with Crippen LogP contribution in [0.3, 0.4) is 0 Å². The van der Waals surface area contributed by atoms with Crippen LogP contribution in [0.4, 0.5) is 0 Å². The summed E-state index contributed by atoms with van der Waals surface area (Å²) in [6, 6.07) is 12.7. The van der Waals surface area contributed by atoms with Crippen molar-refractivity contribution in [2.75, 3.05) is 0 Å². The van der Waals surface area contributed by atoms with E-state index in [1.165, 1.54) is 132 Å². The second kappa shape index (κ2) is 25.9. The predicted molar refractivity (Wildman–Crippen MR) is 204 cm³/mol. The Morgan fingerprint density at radius 2 is 1.08 bits per heavy atom. The summed E-state index contributed by atoms with van der Waals surface area (Å²) in [7, 11) is 0. The third-order valence-corrected chi connectivity index (χ3v) is 9.29. The molecule has 4 aromatic heterocycles. The molecule has 0 atom stereocenters. The van der Waals surface area contributed by atoms with Crippen LogP contribution in [0.25, 0.3) is 22.8 Å². The smallest absolute Gasteiger partial charge is 0.337 e. The van der Waals surface area contributed by atoms with Crippen LogP contribution in [0.5, 0.6) is 0 Å². The van der Waals surface area contributed by atoms with Crippen LogP contribution < -0.4 is 0 Å². The maximum Gasteiger partial charge on any atom is 0.337 e. The normalized spacial score (nSPS) is 10.4. The van der Waals surface area contributed by atoms with Crippen molar-refractivity contribution in [3.63, 3.8) is 0 Å². The van der Waals surface area contributed by atoms with Gasteiger partial charge in [0, 0.05) is 44.3 Å². The number of nitrogens with zero attached hydrogens (tertiary/aromatic N) is 5. The van der Waals surface area contributed by atoms with Crippen LogP contribution in [0.2, 0.25) is 0 Å². The van der Waals surface area contributed by atoms with Gasteiger partial charge in [0.15, 0.2) is 0 Å². The van der Waals surface area contributed by atoms with Crippen LogP contribution in [-0.4, -0.2) is 42.1 Å². The molecule has 0 aliphatic carbocycles. The molecule has 0 saturated heterocycles. The minimum Gasteiger partial charge on any atom is -0.478 e. The molecule has 4 heterocycles. The Kier molecular flexibility index (Phi) is 22.0. The summed E-state index contributed by atoms with van der Waals surface area (Å²) >= 11 is 0.641. The van der Waals surface area contributed by atoms with E-state index in [9.17, 15) is 9.59 Å². The Bertz CT molecular complexity index is 1660. The molecule has 0 fully saturated rings. The first-order valence-electron chi connectivity index (χ1n) is 18.3. The van der Waals surface area contributed by atoms with E-state index in [0.717, 1.165) is 24.2 Å². The van der Waals surface area contributed by atoms with Gasteiger partial charge in [0.2, 0.25) is 0 Å². The van der Waals surface area contributed by atoms with Gasteiger partial charge in [0.05, 0.1) is 33.1 Å². The first kappa shape index (κ1) is 44.2. The van der Waals surface area contributed by atoms with Crippen molar-refractivity contribution in [2.45, 2.75) is 121 Å². The van der Waals surface area contributed by atoms with Gasteiger partial charge in [-0.15, -0.1) is 0 Å². The minimum atomic E-state index is -1.20. The summed E-state index contributed by atoms with van der Waals surface area (Å²) < 4.78 is 0. The van der Waals surface area contributed by atoms with Gasteiger partial charge in [0.25, 0.3) is 0 Å². The molecular formula is C41H51N5O4RuS. The molecular weight excluding hydrogens is 760 g/mol. The molecule has 0 aliphatic heterocycles. The summed E-state index contributed by atoms with van der Waals surface area (Å²) in [5, 5.41) is 28.7. The summed E-state index contributed by atoms with van der Waals surface area (Å²) in [4.78, 5) is 39.5. The van der Waals surface area contributed by atoms with Crippen LogP contribution >= 0.6 is 11.8 Å². The largest absolute Gasteiger partial charge is 0.478 e. The number of thioether (sulfide) groups is 1. The summed E-state index contributed by atoms with van der Waals surface area (Å²) in [6.07, 6.45) is 27.8. The number of aryl methyl sites for hydroxylation is 2. The van der Waals surface area contributed by atoms with Crippen molar-refractivity contribution in [2.24, 2.45) is 0 Å². The number of aromatic carboxylic acids is 2. The molecule has 278 valence electrons. The van der Waals surface area contributed by atoms with Crippen molar-refractivity contribution in [1.82, 2.24) is 19.9 Å². The number of thiocyanates is 1. The van der Waals surface area contributed by atoms with Crippen molar-refractivity contribution >= 4 is 23.7 Å². The molecule has 11 heteroatoms. The van der Waals surface area contributed by atoms with Crippen LogP contribution in [0, 0.1) is 10.7 Å². The number of hydrogen-bond acceptors (Lipinski definition) is 8. The van der Waals surface area contributed by atoms with Crippen LogP contribution in [-0.2, 0) is 32.3 Å². The van der Waals surface area contributed by atoms with E-state index in [-0.39, 0.29) is 46.9 Å². The summed E-state index contributed by atoms with van der Waals surface area (Å²) in [5.74, 6) is -2.34. The average Bonchev–Trinajstić information content (AvgIpc) is 3.15. The summed E-state index contributed by atoms with van der Waals surface area (Å²) in [6.45, 7) is 4.56. The molecule has 4 aromatic rings. The molecule has 52 heavy (non-hydrogen) atoms. The van der Waals surface area contributed by atoms with E-state index in [2.05, 4.69) is 58.0 Å². The van der Waals surface area contributed by atoms with E-state index in [0.29, 0.717) is 11.8 Å². The third kappa shape index (κ3) is 15.7. The van der Waals surface area contributed by atoms with E-state index in [1.807, 2.05) is 12.4 Å². The van der Waals surface area contributed by atoms with Gasteiger partial charge in [-0.3, -0.25) is 19.9 Å². The maximum absolute atomic E-state index is 11.2. The molecule has 0 amide bonds. The van der Waals surface area contributed by atoms with Gasteiger partial charge in [-0.25, -0.2) is 9.59 Å². The number of pyridine rings is 4. The number of nitriles is 1. The van der Waals surface area contributed by atoms with Crippen LogP contribution in [0.15, 0.2) is 72.1 Å². The Hall–Kier alpha value is -4.00. The van der Waals surface area contributed by atoms with E-state index in [4.69, 9.17) is 15.5 Å². The second-order valence-electron chi connectivity index (χ2n) is 12.6. The number of carboxylic acids is 2. The molecule has 4 rings (SSSR count). The molecule has 0 aliphatic rings. The number of hydrogen-bond donors (Lipinski definition) is 2. The number of aromatic nitrogens is 4. The molecule has 0 unspecified atom stereocenters. The number of carboxylic acid groups (broad SMARTS) is 2. The molecule has 0 aromatic carbocycles. The molecule has 0 spiro atoms. The number of carbonyl (C=O) groups is 2. The second-order valence-corrected chi connectivity index (χ2v) is 13.4. The Morgan fingerprint density at radius 1 is 0.615 bits per heavy atom. The standard InChI is InChI=1S/C28H44N2.C13H7N3O4S.Ru/c1-3-5-7-9-11-13-15-17-25-19-21-29-27(23-25)28-24-26(20-22-30-28)18-16-14-12-10-8-6-4-2;14-6-21-11-8(13(19)20)2-4-16-10(11)9-5-7(12(17)18)1-3-15-9;/h19-24H,3-18H2,1-2H3;1-5H,(H,17,18)(H,19,20);. The molecule has 9 nitrogen and oxygen atoms in total. The minimum absolute atomic E-state index is 0. The maximum atomic E-state index is 11.2. The summed E-state index contributed by atoms with van der Waals surface area (Å²) in [5.41, 5.74) is 5.10. The monoisotopic (exact) mass is 811 g/mol. The van der Waals surface area contributed by atoms with Crippen molar-refractivity contribution in [1.29, 1.82) is 5.26 Å². The van der Waals surface area contributed by atoms with Gasteiger partial charge in [-0.1, -0.05) is 90.9 Å². The van der Waals surface area contributed by atoms with Crippen molar-refractivity contribution in [3.8, 4) is 28.2 Å². The van der Waals surface area contributed by atoms with Gasteiger partial charge in [0.1, 0.15) is 11.1 Å². The first-order chi connectivity index (χ1) is 24.9. The third-order valence-electron chi connectivity index (χ3n) is 8.58. The molecule has 2 N–H and O–H groups in total. The van der Waals surface area contributed by atoms with Gasteiger partial charge < -0.3 is 10.2 Å². The zero-order valence-electron chi connectivity index (χ0n) is 30.4. The SMILES string of the molecule is CCCCCCCCCc1ccnc(-c2cc(CCCCCCCCC)ccn2)c1.N#CSc1c(C(=O)O)ccnc1-c1cc(C(=O)O)ccn1.[Ru]. The fourth-order valence-corrected chi connectivity index (χ4v) is 6.36. The van der Waals surface area contributed by atoms with Gasteiger partial charge >= 0.3 is 11.9 Å². The Morgan fingerprint density at radius 3 is 1.56 bits per heavy atom. The zero-order chi connectivity index (χ0) is 36.7. The topological polar surface area (TPSA) is 150 Å². The molecule has 0 bridgehead atoms. The number of rotatable bonds is 21. The Labute approximate surface area is 325 Å². The quantitative estimate of drug-likeness (QED) is 0.0360. The number of unbranched alkanes of at least 4 members (excludes halogenated alkanes) is 12.